The molecule has 2 atom stereocenters. The predicted molar refractivity (Wildman–Crippen MR) is 83.2 cm³/mol. The molecule has 1 aliphatic heterocycles. The van der Waals surface area contributed by atoms with Crippen molar-refractivity contribution in [2.75, 3.05) is 25.0 Å². The first-order valence-electron chi connectivity index (χ1n) is 6.57. The second-order valence-electron chi connectivity index (χ2n) is 4.39. The molecule has 0 spiro atoms. The first-order chi connectivity index (χ1) is 9.65. The summed E-state index contributed by atoms with van der Waals surface area (Å²) in [5.74, 6) is 0.567. The first kappa shape index (κ1) is 16.9. The number of alkyl halides is 1. The fraction of sp³-hybridized carbons (Fsp3) is 0.571. The molecule has 1 rings (SSSR count). The third-order valence-corrected chi connectivity index (χ3v) is 3.38. The number of aliphatic imine (C=N–C) groups is 1. The topological polar surface area (TPSA) is 62.1 Å². The summed E-state index contributed by atoms with van der Waals surface area (Å²) in [6.07, 6.45) is 5.73. The van der Waals surface area contributed by atoms with Crippen molar-refractivity contribution >= 4 is 27.7 Å². The van der Waals surface area contributed by atoms with E-state index in [0.29, 0.717) is 19.5 Å². The van der Waals surface area contributed by atoms with Crippen LogP contribution in [-0.4, -0.2) is 59.0 Å². The Labute approximate surface area is 128 Å². The van der Waals surface area contributed by atoms with Gasteiger partial charge in [0.15, 0.2) is 0 Å². The predicted octanol–water partition coefficient (Wildman–Crippen LogP) is 1.52. The Hall–Kier alpha value is -1.14. The van der Waals surface area contributed by atoms with Gasteiger partial charge in [-0.15, -0.1) is 6.58 Å². The van der Waals surface area contributed by atoms with E-state index in [9.17, 15) is 4.79 Å². The molecule has 112 valence electrons. The number of aliphatic hydroxyl groups is 1. The maximum absolute atomic E-state index is 11.4. The zero-order chi connectivity index (χ0) is 15.0. The van der Waals surface area contributed by atoms with E-state index in [-0.39, 0.29) is 30.1 Å². The molecule has 1 aliphatic rings. The van der Waals surface area contributed by atoms with Gasteiger partial charge >= 0.3 is 5.97 Å². The van der Waals surface area contributed by atoms with Gasteiger partial charge in [-0.3, -0.25) is 9.79 Å². The van der Waals surface area contributed by atoms with Gasteiger partial charge in [-0.05, 0) is 13.0 Å². The summed E-state index contributed by atoms with van der Waals surface area (Å²) in [6, 6.07) is -0.143. The van der Waals surface area contributed by atoms with Crippen molar-refractivity contribution in [3.05, 3.63) is 24.8 Å². The first-order valence-corrected chi connectivity index (χ1v) is 7.70. The molecule has 0 aliphatic carbocycles. The molecular formula is C14H21BrN2O3. The summed E-state index contributed by atoms with van der Waals surface area (Å²) in [6.45, 7) is 6.82. The van der Waals surface area contributed by atoms with Gasteiger partial charge in [-0.25, -0.2) is 0 Å². The lowest BCUT2D eigenvalue weighted by molar-refractivity contribution is -0.144. The summed E-state index contributed by atoms with van der Waals surface area (Å²) < 4.78 is 5.38. The lowest BCUT2D eigenvalue weighted by Gasteiger charge is -2.21. The minimum absolute atomic E-state index is 0.0678. The second kappa shape index (κ2) is 8.92. The molecule has 0 bridgehead atoms. The number of hydrogen-bond acceptors (Lipinski definition) is 5. The highest BCUT2D eigenvalue weighted by Crippen LogP contribution is 2.18. The molecule has 0 fully saturated rings. The number of esters is 1. The average molecular weight is 345 g/mol. The van der Waals surface area contributed by atoms with Crippen LogP contribution in [0.3, 0.4) is 0 Å². The number of rotatable bonds is 8. The van der Waals surface area contributed by atoms with Crippen LogP contribution in [0.4, 0.5) is 0 Å². The molecule has 0 saturated heterocycles. The highest BCUT2D eigenvalue weighted by Gasteiger charge is 2.31. The van der Waals surface area contributed by atoms with Crippen LogP contribution in [0.15, 0.2) is 29.8 Å². The fourth-order valence-corrected chi connectivity index (χ4v) is 2.23. The highest BCUT2D eigenvalue weighted by molar-refractivity contribution is 9.09. The Morgan fingerprint density at radius 3 is 3.05 bits per heavy atom. The van der Waals surface area contributed by atoms with Gasteiger partial charge in [-0.2, -0.15) is 0 Å². The van der Waals surface area contributed by atoms with Gasteiger partial charge in [0.1, 0.15) is 23.3 Å². The van der Waals surface area contributed by atoms with Gasteiger partial charge in [0.25, 0.3) is 0 Å². The zero-order valence-corrected chi connectivity index (χ0v) is 13.3. The number of carbonyl (C=O) groups excluding carboxylic acids is 1. The van der Waals surface area contributed by atoms with Crippen LogP contribution in [0, 0.1) is 0 Å². The summed E-state index contributed by atoms with van der Waals surface area (Å²) in [5.41, 5.74) is 0. The summed E-state index contributed by atoms with van der Waals surface area (Å²) in [7, 11) is 0. The van der Waals surface area contributed by atoms with Gasteiger partial charge < -0.3 is 14.7 Å². The summed E-state index contributed by atoms with van der Waals surface area (Å²) in [5, 5.41) is 9.26. The molecular weight excluding hydrogens is 324 g/mol. The van der Waals surface area contributed by atoms with Crippen LogP contribution in [0.1, 0.15) is 13.3 Å². The molecule has 0 radical (unpaired) electrons. The van der Waals surface area contributed by atoms with E-state index < -0.39 is 0 Å². The van der Waals surface area contributed by atoms with Crippen molar-refractivity contribution in [1.29, 1.82) is 0 Å². The van der Waals surface area contributed by atoms with Gasteiger partial charge in [0.2, 0.25) is 0 Å². The number of carbonyl (C=O) groups is 1. The molecule has 2 unspecified atom stereocenters. The van der Waals surface area contributed by atoms with E-state index in [1.54, 1.807) is 6.08 Å². The largest absolute Gasteiger partial charge is 0.455 e. The molecule has 0 aromatic carbocycles. The van der Waals surface area contributed by atoms with Crippen molar-refractivity contribution in [2.45, 2.75) is 25.5 Å². The Bertz CT molecular complexity index is 396. The maximum Gasteiger partial charge on any atom is 0.317 e. The Balaban J connectivity index is 2.81. The van der Waals surface area contributed by atoms with Gasteiger partial charge in [0, 0.05) is 19.5 Å². The third kappa shape index (κ3) is 4.76. The van der Waals surface area contributed by atoms with Crippen molar-refractivity contribution in [3.63, 3.8) is 0 Å². The van der Waals surface area contributed by atoms with Crippen molar-refractivity contribution in [1.82, 2.24) is 4.90 Å². The van der Waals surface area contributed by atoms with E-state index in [2.05, 4.69) is 27.5 Å². The number of β-amino-alcohol motifs (C(OH)–C–C–N with tert-alkyl or cyclic N) is 1. The van der Waals surface area contributed by atoms with E-state index >= 15 is 0 Å². The number of aliphatic hydroxyl groups excluding tert-OH is 1. The van der Waals surface area contributed by atoms with Crippen LogP contribution < -0.4 is 0 Å². The third-order valence-electron chi connectivity index (χ3n) is 2.92. The zero-order valence-electron chi connectivity index (χ0n) is 11.7. The quantitative estimate of drug-likeness (QED) is 0.412. The number of nitrogens with zero attached hydrogens (tertiary/aromatic N) is 2. The molecule has 1 heterocycles. The molecule has 5 nitrogen and oxygen atoms in total. The van der Waals surface area contributed by atoms with Crippen LogP contribution >= 0.6 is 15.9 Å². The van der Waals surface area contributed by atoms with Crippen LogP contribution in [0.5, 0.6) is 0 Å². The van der Waals surface area contributed by atoms with Gasteiger partial charge in [0.05, 0.1) is 6.61 Å². The maximum atomic E-state index is 11.4. The number of amidine groups is 1. The minimum Gasteiger partial charge on any atom is -0.455 e. The van der Waals surface area contributed by atoms with E-state index in [0.717, 1.165) is 5.84 Å². The highest BCUT2D eigenvalue weighted by atomic mass is 79.9. The molecule has 0 amide bonds. The van der Waals surface area contributed by atoms with E-state index in [1.165, 1.54) is 0 Å². The molecule has 20 heavy (non-hydrogen) atoms. The second-order valence-corrected chi connectivity index (χ2v) is 4.95. The number of hydrogen-bond donors (Lipinski definition) is 1. The molecule has 1 N–H and O–H groups in total. The van der Waals surface area contributed by atoms with Crippen molar-refractivity contribution < 1.29 is 14.6 Å². The van der Waals surface area contributed by atoms with Gasteiger partial charge in [-0.1, -0.05) is 28.1 Å². The number of halogens is 1. The lowest BCUT2D eigenvalue weighted by atomic mass is 10.1. The number of allylic oxidation sites excluding steroid dienone is 1. The van der Waals surface area contributed by atoms with Crippen LogP contribution in [-0.2, 0) is 9.53 Å². The fourth-order valence-electron chi connectivity index (χ4n) is 2.09. The van der Waals surface area contributed by atoms with Crippen molar-refractivity contribution in [3.8, 4) is 0 Å². The Morgan fingerprint density at radius 1 is 1.75 bits per heavy atom. The van der Waals surface area contributed by atoms with Crippen molar-refractivity contribution in [2.24, 2.45) is 4.99 Å². The molecule has 0 aromatic heterocycles. The molecule has 0 saturated carbocycles. The monoisotopic (exact) mass is 344 g/mol. The smallest absolute Gasteiger partial charge is 0.317 e. The summed E-state index contributed by atoms with van der Waals surface area (Å²) in [4.78, 5) is 18.1. The van der Waals surface area contributed by atoms with Crippen LogP contribution in [0.2, 0.25) is 0 Å². The van der Waals surface area contributed by atoms with Crippen LogP contribution in [0.25, 0.3) is 0 Å². The normalized spacial score (nSPS) is 20.1. The molecule has 6 heteroatoms. The Morgan fingerprint density at radius 2 is 2.50 bits per heavy atom. The van der Waals surface area contributed by atoms with E-state index in [4.69, 9.17) is 9.84 Å². The summed E-state index contributed by atoms with van der Waals surface area (Å²) >= 11 is 3.09. The Kier molecular flexibility index (Phi) is 7.54. The number of ether oxygens (including phenoxy) is 1. The standard InChI is InChI=1S/C14H21BrN2O3/c1-3-5-12(20-14(19)9-15)11-10-17(7-8-18)13(16-11)6-4-2/h3-5,11-12,18H,2,6-10H2,1H3. The average Bonchev–Trinajstić information content (AvgIpc) is 2.82. The SMILES string of the molecule is C=CCC1=NC(C(C=CC)OC(=O)CBr)CN1CCO. The van der Waals surface area contributed by atoms with E-state index in [1.807, 2.05) is 24.0 Å². The molecule has 0 aromatic rings. The lowest BCUT2D eigenvalue weighted by Crippen LogP contribution is -2.36. The minimum atomic E-state index is -0.381.